The summed E-state index contributed by atoms with van der Waals surface area (Å²) in [4.78, 5) is 19.3. The topological polar surface area (TPSA) is 84.3 Å². The molecule has 1 amide bonds. The van der Waals surface area contributed by atoms with Crippen LogP contribution in [0.5, 0.6) is 0 Å². The summed E-state index contributed by atoms with van der Waals surface area (Å²) in [5.74, 6) is -0.498. The molecule has 6 heteroatoms. The van der Waals surface area contributed by atoms with E-state index in [0.717, 1.165) is 6.92 Å². The second kappa shape index (κ2) is 2.78. The standard InChI is InChI=1S/C2H5N3O3/c1-2(6)3-4-5(7)8/h4H,1H3,(H,3,6). The summed E-state index contributed by atoms with van der Waals surface area (Å²) in [5.41, 5.74) is 3.22. The largest absolute Gasteiger partial charge is 0.273 e. The van der Waals surface area contributed by atoms with Crippen LogP contribution in [0.4, 0.5) is 0 Å². The summed E-state index contributed by atoms with van der Waals surface area (Å²) in [7, 11) is 0. The summed E-state index contributed by atoms with van der Waals surface area (Å²) in [6.45, 7) is 1.16. The van der Waals surface area contributed by atoms with E-state index in [9.17, 15) is 14.9 Å². The Morgan fingerprint density at radius 1 is 1.75 bits per heavy atom. The highest BCUT2D eigenvalue weighted by Gasteiger charge is 1.91. The number of hydrazine groups is 2. The molecule has 0 aromatic heterocycles. The molecule has 0 saturated heterocycles. The van der Waals surface area contributed by atoms with Crippen molar-refractivity contribution in [3.63, 3.8) is 0 Å². The van der Waals surface area contributed by atoms with Crippen molar-refractivity contribution < 1.29 is 9.83 Å². The van der Waals surface area contributed by atoms with Gasteiger partial charge in [0.2, 0.25) is 5.91 Å². The van der Waals surface area contributed by atoms with E-state index in [1.165, 1.54) is 5.53 Å². The Morgan fingerprint density at radius 3 is 2.38 bits per heavy atom. The molecule has 0 aliphatic heterocycles. The zero-order valence-electron chi connectivity index (χ0n) is 4.17. The molecule has 0 aliphatic carbocycles. The third kappa shape index (κ3) is 4.67. The van der Waals surface area contributed by atoms with Crippen molar-refractivity contribution in [1.29, 1.82) is 0 Å². The van der Waals surface area contributed by atoms with Crippen LogP contribution in [0.3, 0.4) is 0 Å². The van der Waals surface area contributed by atoms with E-state index in [0.29, 0.717) is 0 Å². The molecule has 0 aromatic rings. The van der Waals surface area contributed by atoms with Gasteiger partial charge in [0.05, 0.1) is 0 Å². The van der Waals surface area contributed by atoms with E-state index in [2.05, 4.69) is 0 Å². The summed E-state index contributed by atoms with van der Waals surface area (Å²) in [5, 5.41) is 8.52. The fourth-order valence-electron chi connectivity index (χ4n) is 0.124. The Kier molecular flexibility index (Phi) is 2.32. The van der Waals surface area contributed by atoms with Gasteiger partial charge in [-0.05, 0) is 5.53 Å². The molecule has 0 fully saturated rings. The first kappa shape index (κ1) is 6.67. The minimum absolute atomic E-state index is 0.498. The van der Waals surface area contributed by atoms with Crippen molar-refractivity contribution in [3.05, 3.63) is 10.1 Å². The van der Waals surface area contributed by atoms with Crippen LogP contribution >= 0.6 is 0 Å². The van der Waals surface area contributed by atoms with Crippen LogP contribution in [0.2, 0.25) is 0 Å². The van der Waals surface area contributed by atoms with Crippen LogP contribution in [0.1, 0.15) is 6.92 Å². The van der Waals surface area contributed by atoms with E-state index in [4.69, 9.17) is 0 Å². The van der Waals surface area contributed by atoms with Gasteiger partial charge in [-0.1, -0.05) is 0 Å². The number of hydrogen-bond acceptors (Lipinski definition) is 3. The molecule has 46 valence electrons. The van der Waals surface area contributed by atoms with Gasteiger partial charge in [0, 0.05) is 6.92 Å². The number of carbonyl (C=O) groups is 1. The lowest BCUT2D eigenvalue weighted by atomic mass is 10.8. The number of amides is 1. The summed E-state index contributed by atoms with van der Waals surface area (Å²) in [6.07, 6.45) is 0. The van der Waals surface area contributed by atoms with Gasteiger partial charge >= 0.3 is 0 Å². The lowest BCUT2D eigenvalue weighted by Crippen LogP contribution is -2.39. The number of nitrogens with zero attached hydrogens (tertiary/aromatic N) is 1. The van der Waals surface area contributed by atoms with Crippen LogP contribution in [-0.2, 0) is 4.79 Å². The van der Waals surface area contributed by atoms with Crippen molar-refractivity contribution in [2.45, 2.75) is 6.92 Å². The molecule has 6 nitrogen and oxygen atoms in total. The summed E-state index contributed by atoms with van der Waals surface area (Å²) < 4.78 is 0. The van der Waals surface area contributed by atoms with Crippen molar-refractivity contribution in [2.24, 2.45) is 0 Å². The van der Waals surface area contributed by atoms with Gasteiger partial charge in [0.1, 0.15) is 0 Å². The Morgan fingerprint density at radius 2 is 2.25 bits per heavy atom. The van der Waals surface area contributed by atoms with Crippen LogP contribution < -0.4 is 11.0 Å². The maximum Gasteiger partial charge on any atom is 0.239 e. The third-order valence-corrected chi connectivity index (χ3v) is 0.323. The Hall–Kier alpha value is -1.33. The maximum atomic E-state index is 9.87. The number of carbonyl (C=O) groups excluding carboxylic acids is 1. The van der Waals surface area contributed by atoms with E-state index >= 15 is 0 Å². The molecule has 0 radical (unpaired) electrons. The molecule has 0 saturated carbocycles. The molecule has 0 rings (SSSR count). The van der Waals surface area contributed by atoms with E-state index in [1.807, 2.05) is 0 Å². The highest BCUT2D eigenvalue weighted by Crippen LogP contribution is 1.53. The van der Waals surface area contributed by atoms with E-state index in [1.54, 1.807) is 5.43 Å². The SMILES string of the molecule is CC(=O)NN[N+](=O)[O-]. The lowest BCUT2D eigenvalue weighted by molar-refractivity contribution is -0.552. The minimum Gasteiger partial charge on any atom is -0.273 e. The Labute approximate surface area is 45.0 Å². The fourth-order valence-corrected chi connectivity index (χ4v) is 0.124. The molecule has 0 unspecified atom stereocenters. The first-order valence-electron chi connectivity index (χ1n) is 1.79. The first-order chi connectivity index (χ1) is 3.63. The molecular formula is C2H5N3O3. The Bertz CT molecular complexity index is 97.1. The van der Waals surface area contributed by atoms with E-state index < -0.39 is 10.9 Å². The van der Waals surface area contributed by atoms with Gasteiger partial charge < -0.3 is 0 Å². The number of nitrogens with one attached hydrogen (secondary N) is 2. The van der Waals surface area contributed by atoms with Crippen LogP contribution in [0.15, 0.2) is 0 Å². The zero-order valence-corrected chi connectivity index (χ0v) is 4.17. The molecule has 0 atom stereocenters. The minimum atomic E-state index is -0.860. The van der Waals surface area contributed by atoms with Gasteiger partial charge in [0.25, 0.3) is 0 Å². The predicted octanol–water partition coefficient (Wildman–Crippen LogP) is -1.18. The van der Waals surface area contributed by atoms with Crippen molar-refractivity contribution in [1.82, 2.24) is 11.0 Å². The molecule has 0 aliphatic rings. The van der Waals surface area contributed by atoms with Crippen LogP contribution in [0.25, 0.3) is 0 Å². The van der Waals surface area contributed by atoms with E-state index in [-0.39, 0.29) is 0 Å². The van der Waals surface area contributed by atoms with Gasteiger partial charge in [-0.3, -0.25) is 4.79 Å². The first-order valence-corrected chi connectivity index (χ1v) is 1.79. The second-order valence-corrected chi connectivity index (χ2v) is 1.05. The second-order valence-electron chi connectivity index (χ2n) is 1.05. The van der Waals surface area contributed by atoms with Gasteiger partial charge in [-0.2, -0.15) is 0 Å². The highest BCUT2D eigenvalue weighted by atomic mass is 16.7. The molecule has 0 heterocycles. The summed E-state index contributed by atoms with van der Waals surface area (Å²) >= 11 is 0. The van der Waals surface area contributed by atoms with Gasteiger partial charge in [-0.25, -0.2) is 15.5 Å². The lowest BCUT2D eigenvalue weighted by Gasteiger charge is -1.92. The molecule has 2 N–H and O–H groups in total. The molecule has 0 spiro atoms. The number of hydrogen-bond donors (Lipinski definition) is 2. The average Bonchev–Trinajstić information content (AvgIpc) is 1.61. The fraction of sp³-hybridized carbons (Fsp3) is 0.500. The Balaban J connectivity index is 3.18. The monoisotopic (exact) mass is 119 g/mol. The molecule has 0 aromatic carbocycles. The average molecular weight is 119 g/mol. The zero-order chi connectivity index (χ0) is 6.57. The summed E-state index contributed by atoms with van der Waals surface area (Å²) in [6, 6.07) is 0. The molecule has 8 heavy (non-hydrogen) atoms. The number of nitro groups is 1. The highest BCUT2D eigenvalue weighted by molar-refractivity contribution is 5.72. The molecule has 0 bridgehead atoms. The van der Waals surface area contributed by atoms with Crippen LogP contribution in [-0.4, -0.2) is 10.9 Å². The quantitative estimate of drug-likeness (QED) is 0.354. The smallest absolute Gasteiger partial charge is 0.239 e. The normalized spacial score (nSPS) is 7.62. The number of rotatable bonds is 2. The maximum absolute atomic E-state index is 9.87. The third-order valence-electron chi connectivity index (χ3n) is 0.323. The van der Waals surface area contributed by atoms with Crippen molar-refractivity contribution in [2.75, 3.05) is 0 Å². The van der Waals surface area contributed by atoms with Gasteiger partial charge in [0.15, 0.2) is 5.03 Å². The van der Waals surface area contributed by atoms with Gasteiger partial charge in [-0.15, -0.1) is 0 Å². The van der Waals surface area contributed by atoms with Crippen molar-refractivity contribution in [3.8, 4) is 0 Å². The molecular weight excluding hydrogens is 114 g/mol. The van der Waals surface area contributed by atoms with Crippen molar-refractivity contribution >= 4 is 5.91 Å². The predicted molar refractivity (Wildman–Crippen MR) is 23.9 cm³/mol. The van der Waals surface area contributed by atoms with Crippen LogP contribution in [0, 0.1) is 10.1 Å².